The number of alkyl halides is 3. The first-order valence-corrected chi connectivity index (χ1v) is 7.69. The van der Waals surface area contributed by atoms with E-state index in [1.807, 2.05) is 0 Å². The third-order valence-electron chi connectivity index (χ3n) is 3.37. The fraction of sp³-hybridized carbons (Fsp3) is 0.118. The number of hydrogen-bond donors (Lipinski definition) is 2. The molecule has 0 aliphatic rings. The molecule has 0 saturated heterocycles. The highest BCUT2D eigenvalue weighted by molar-refractivity contribution is 5.98. The zero-order valence-corrected chi connectivity index (χ0v) is 14.1. The predicted octanol–water partition coefficient (Wildman–Crippen LogP) is 2.49. The molecular weight excluding hydrogens is 381 g/mol. The number of non-ortho nitro benzene ring substituents is 1. The smallest absolute Gasteiger partial charge is 0.343 e. The van der Waals surface area contributed by atoms with Gasteiger partial charge in [-0.15, -0.1) is 0 Å². The summed E-state index contributed by atoms with van der Waals surface area (Å²) in [6.45, 7) is -0.614. The Balaban J connectivity index is 1.92. The lowest BCUT2D eigenvalue weighted by Gasteiger charge is -2.12. The van der Waals surface area contributed by atoms with Crippen molar-refractivity contribution < 1.29 is 27.7 Å². The molecule has 2 aromatic rings. The van der Waals surface area contributed by atoms with Crippen LogP contribution in [0.3, 0.4) is 0 Å². The van der Waals surface area contributed by atoms with E-state index in [1.54, 1.807) is 0 Å². The highest BCUT2D eigenvalue weighted by Gasteiger charge is 2.34. The van der Waals surface area contributed by atoms with Gasteiger partial charge < -0.3 is 5.32 Å². The van der Waals surface area contributed by atoms with Crippen molar-refractivity contribution in [3.63, 3.8) is 0 Å². The molecule has 0 atom stereocenters. The molecule has 2 N–H and O–H groups in total. The Morgan fingerprint density at radius 1 is 1.14 bits per heavy atom. The topological polar surface area (TPSA) is 114 Å². The predicted molar refractivity (Wildman–Crippen MR) is 92.6 cm³/mol. The molecule has 0 unspecified atom stereocenters. The molecule has 0 spiro atoms. The van der Waals surface area contributed by atoms with Crippen LogP contribution in [-0.2, 0) is 11.0 Å². The number of rotatable bonds is 6. The lowest BCUT2D eigenvalue weighted by atomic mass is 10.1. The molecule has 0 bridgehead atoms. The van der Waals surface area contributed by atoms with Gasteiger partial charge in [0.15, 0.2) is 0 Å². The lowest BCUT2D eigenvalue weighted by Crippen LogP contribution is -2.35. The number of nitro benzene ring substituents is 1. The van der Waals surface area contributed by atoms with Crippen molar-refractivity contribution in [3.8, 4) is 0 Å². The molecule has 0 fully saturated rings. The van der Waals surface area contributed by atoms with Crippen LogP contribution in [0, 0.1) is 10.1 Å². The minimum Gasteiger partial charge on any atom is -0.343 e. The summed E-state index contributed by atoms with van der Waals surface area (Å²) in [5, 5.41) is 16.3. The van der Waals surface area contributed by atoms with E-state index in [9.17, 15) is 32.9 Å². The van der Waals surface area contributed by atoms with Crippen LogP contribution >= 0.6 is 0 Å². The van der Waals surface area contributed by atoms with Crippen molar-refractivity contribution in [2.45, 2.75) is 6.18 Å². The Morgan fingerprint density at radius 2 is 1.86 bits per heavy atom. The molecule has 0 radical (unpaired) electrons. The SMILES string of the molecule is O=C(CNC(=O)c1ccccc1C(F)(F)F)N/N=C\c1cccc([N+](=O)[O-])c1. The van der Waals surface area contributed by atoms with Gasteiger partial charge in [-0.25, -0.2) is 5.43 Å². The quantitative estimate of drug-likeness (QED) is 0.445. The van der Waals surface area contributed by atoms with Gasteiger partial charge in [-0.05, 0) is 12.1 Å². The second-order valence-electron chi connectivity index (χ2n) is 5.37. The third kappa shape index (κ3) is 5.62. The van der Waals surface area contributed by atoms with E-state index in [0.717, 1.165) is 24.4 Å². The maximum absolute atomic E-state index is 12.9. The van der Waals surface area contributed by atoms with Crippen LogP contribution in [0.2, 0.25) is 0 Å². The molecule has 0 saturated carbocycles. The van der Waals surface area contributed by atoms with Gasteiger partial charge in [-0.2, -0.15) is 18.3 Å². The van der Waals surface area contributed by atoms with Crippen molar-refractivity contribution in [1.29, 1.82) is 0 Å². The summed E-state index contributed by atoms with van der Waals surface area (Å²) in [7, 11) is 0. The van der Waals surface area contributed by atoms with Gasteiger partial charge >= 0.3 is 6.18 Å². The van der Waals surface area contributed by atoms with Crippen molar-refractivity contribution >= 4 is 23.7 Å². The number of nitrogens with zero attached hydrogens (tertiary/aromatic N) is 2. The third-order valence-corrected chi connectivity index (χ3v) is 3.37. The summed E-state index contributed by atoms with van der Waals surface area (Å²) in [6, 6.07) is 9.63. The Morgan fingerprint density at radius 3 is 2.54 bits per heavy atom. The number of hydrogen-bond acceptors (Lipinski definition) is 5. The largest absolute Gasteiger partial charge is 0.417 e. The number of halogens is 3. The maximum atomic E-state index is 12.9. The Labute approximate surface area is 156 Å². The van der Waals surface area contributed by atoms with Crippen molar-refractivity contribution in [2.24, 2.45) is 5.10 Å². The molecule has 2 aromatic carbocycles. The summed E-state index contributed by atoms with van der Waals surface area (Å²) in [4.78, 5) is 33.7. The second kappa shape index (κ2) is 8.75. The van der Waals surface area contributed by atoms with Crippen LogP contribution in [0.25, 0.3) is 0 Å². The van der Waals surface area contributed by atoms with E-state index >= 15 is 0 Å². The summed E-state index contributed by atoms with van der Waals surface area (Å²) in [6.07, 6.45) is -3.57. The molecule has 8 nitrogen and oxygen atoms in total. The highest BCUT2D eigenvalue weighted by atomic mass is 19.4. The van der Waals surface area contributed by atoms with Crippen LogP contribution in [-0.4, -0.2) is 29.5 Å². The van der Waals surface area contributed by atoms with Crippen molar-refractivity contribution in [3.05, 3.63) is 75.3 Å². The van der Waals surface area contributed by atoms with Crippen LogP contribution in [0.4, 0.5) is 18.9 Å². The fourth-order valence-electron chi connectivity index (χ4n) is 2.12. The molecule has 0 aromatic heterocycles. The molecule has 11 heteroatoms. The Bertz CT molecular complexity index is 929. The average molecular weight is 394 g/mol. The van der Waals surface area contributed by atoms with Gasteiger partial charge in [0, 0.05) is 17.7 Å². The summed E-state index contributed by atoms with van der Waals surface area (Å²) in [5.74, 6) is -1.86. The molecule has 2 amide bonds. The normalized spacial score (nSPS) is 11.2. The van der Waals surface area contributed by atoms with Crippen molar-refractivity contribution in [2.75, 3.05) is 6.54 Å². The zero-order valence-electron chi connectivity index (χ0n) is 14.1. The Kier molecular flexibility index (Phi) is 6.42. The summed E-state index contributed by atoms with van der Waals surface area (Å²) >= 11 is 0. The monoisotopic (exact) mass is 394 g/mol. The van der Waals surface area contributed by atoms with Gasteiger partial charge in [-0.1, -0.05) is 24.3 Å². The fourth-order valence-corrected chi connectivity index (χ4v) is 2.12. The number of carbonyl (C=O) groups excluding carboxylic acids is 2. The number of nitrogens with one attached hydrogen (secondary N) is 2. The molecule has 0 aliphatic heterocycles. The van der Waals surface area contributed by atoms with Crippen LogP contribution in [0.5, 0.6) is 0 Å². The van der Waals surface area contributed by atoms with E-state index in [1.165, 1.54) is 30.3 Å². The zero-order chi connectivity index (χ0) is 20.7. The molecule has 146 valence electrons. The van der Waals surface area contributed by atoms with Crippen LogP contribution in [0.15, 0.2) is 53.6 Å². The molecular formula is C17H13F3N4O4. The maximum Gasteiger partial charge on any atom is 0.417 e. The first kappa shape index (κ1) is 20.6. The Hall–Kier alpha value is -3.76. The average Bonchev–Trinajstić information content (AvgIpc) is 2.65. The number of hydrazone groups is 1. The minimum atomic E-state index is -4.71. The van der Waals surface area contributed by atoms with E-state index in [2.05, 4.69) is 15.8 Å². The van der Waals surface area contributed by atoms with E-state index in [4.69, 9.17) is 0 Å². The van der Waals surface area contributed by atoms with Gasteiger partial charge in [0.1, 0.15) is 0 Å². The molecule has 2 rings (SSSR count). The molecule has 0 aliphatic carbocycles. The standard InChI is InChI=1S/C17H13F3N4O4/c18-17(19,20)14-7-2-1-6-13(14)16(26)21-10-15(25)23-22-9-11-4-3-5-12(8-11)24(27)28/h1-9H,10H2,(H,21,26)(H,23,25)/b22-9-. The van der Waals surface area contributed by atoms with Crippen molar-refractivity contribution in [1.82, 2.24) is 10.7 Å². The van der Waals surface area contributed by atoms with E-state index in [0.29, 0.717) is 5.56 Å². The minimum absolute atomic E-state index is 0.161. The highest BCUT2D eigenvalue weighted by Crippen LogP contribution is 2.31. The van der Waals surface area contributed by atoms with Gasteiger partial charge in [0.05, 0.1) is 28.8 Å². The first-order valence-electron chi connectivity index (χ1n) is 7.69. The summed E-state index contributed by atoms with van der Waals surface area (Å²) in [5.41, 5.74) is 0.516. The number of carbonyl (C=O) groups is 2. The van der Waals surface area contributed by atoms with Gasteiger partial charge in [0.2, 0.25) is 0 Å². The number of amides is 2. The van der Waals surface area contributed by atoms with Crippen LogP contribution < -0.4 is 10.7 Å². The molecule has 28 heavy (non-hydrogen) atoms. The van der Waals surface area contributed by atoms with Crippen LogP contribution in [0.1, 0.15) is 21.5 Å². The van der Waals surface area contributed by atoms with E-state index < -0.39 is 40.6 Å². The second-order valence-corrected chi connectivity index (χ2v) is 5.37. The van der Waals surface area contributed by atoms with Gasteiger partial charge in [0.25, 0.3) is 17.5 Å². The van der Waals surface area contributed by atoms with E-state index in [-0.39, 0.29) is 5.69 Å². The number of nitro groups is 1. The number of benzene rings is 2. The summed E-state index contributed by atoms with van der Waals surface area (Å²) < 4.78 is 38.7. The van der Waals surface area contributed by atoms with Gasteiger partial charge in [-0.3, -0.25) is 19.7 Å². The first-order chi connectivity index (χ1) is 13.2. The molecule has 0 heterocycles. The lowest BCUT2D eigenvalue weighted by molar-refractivity contribution is -0.384.